The van der Waals surface area contributed by atoms with Gasteiger partial charge in [-0.15, -0.1) is 11.6 Å². The van der Waals surface area contributed by atoms with Crippen molar-refractivity contribution in [1.82, 2.24) is 10.2 Å². The second-order valence-electron chi connectivity index (χ2n) is 6.97. The maximum Gasteiger partial charge on any atom is 0.252 e. The monoisotopic (exact) mass is 380 g/mol. The lowest BCUT2D eigenvalue weighted by atomic mass is 9.79. The van der Waals surface area contributed by atoms with E-state index in [0.29, 0.717) is 19.7 Å². The molecule has 0 spiro atoms. The van der Waals surface area contributed by atoms with E-state index in [1.165, 1.54) is 0 Å². The number of likely N-dealkylation sites (tertiary alicyclic amines) is 1. The summed E-state index contributed by atoms with van der Waals surface area (Å²) in [6.07, 6.45) is 0.398. The van der Waals surface area contributed by atoms with Gasteiger partial charge in [0.05, 0.1) is 12.6 Å². The molecule has 0 radical (unpaired) electrons. The number of hydrogen-bond acceptors (Lipinski definition) is 3. The first-order valence-electron chi connectivity index (χ1n) is 9.28. The molecule has 1 heterocycles. The van der Waals surface area contributed by atoms with Gasteiger partial charge in [0.2, 0.25) is 5.91 Å². The molecule has 1 aliphatic rings. The summed E-state index contributed by atoms with van der Waals surface area (Å²) in [5.41, 5.74) is 1.05. The summed E-state index contributed by atoms with van der Waals surface area (Å²) in [5.74, 6) is 0.00511. The summed E-state index contributed by atoms with van der Waals surface area (Å²) < 4.78 is 6.04. The second-order valence-corrected chi connectivity index (χ2v) is 7.24. The third-order valence-electron chi connectivity index (χ3n) is 5.21. The normalized spacial score (nSPS) is 26.0. The number of carbonyl (C=O) groups is 2. The maximum absolute atomic E-state index is 13.1. The number of amides is 2. The molecule has 26 heavy (non-hydrogen) atoms. The number of nitrogens with zero attached hydrogens (tertiary/aromatic N) is 1. The Morgan fingerprint density at radius 1 is 1.23 bits per heavy atom. The molecule has 1 N–H and O–H groups in total. The van der Waals surface area contributed by atoms with Gasteiger partial charge in [0.1, 0.15) is 12.0 Å². The Morgan fingerprint density at radius 3 is 2.54 bits per heavy atom. The van der Waals surface area contributed by atoms with E-state index in [4.69, 9.17) is 16.3 Å². The predicted molar refractivity (Wildman–Crippen MR) is 103 cm³/mol. The molecular formula is C20H29ClN2O3. The molecule has 6 heteroatoms. The van der Waals surface area contributed by atoms with Crippen molar-refractivity contribution in [3.63, 3.8) is 0 Å². The number of piperidine rings is 1. The SMILES string of the molecule is CCCN1C(=O)C(OCc2ccccc2)C(C)C(C)C1CNC(=O)CCl. The molecule has 1 aromatic rings. The van der Waals surface area contributed by atoms with Gasteiger partial charge >= 0.3 is 0 Å². The fourth-order valence-electron chi connectivity index (χ4n) is 3.52. The third kappa shape index (κ3) is 4.98. The van der Waals surface area contributed by atoms with E-state index in [2.05, 4.69) is 19.2 Å². The van der Waals surface area contributed by atoms with E-state index in [1.54, 1.807) is 0 Å². The lowest BCUT2D eigenvalue weighted by Gasteiger charge is -2.46. The van der Waals surface area contributed by atoms with Gasteiger partial charge in [-0.25, -0.2) is 0 Å². The van der Waals surface area contributed by atoms with Crippen LogP contribution < -0.4 is 5.32 Å². The van der Waals surface area contributed by atoms with Crippen LogP contribution in [-0.2, 0) is 20.9 Å². The average Bonchev–Trinajstić information content (AvgIpc) is 2.66. The summed E-state index contributed by atoms with van der Waals surface area (Å²) in [6, 6.07) is 9.84. The molecule has 4 unspecified atom stereocenters. The number of nitrogens with one attached hydrogen (secondary N) is 1. The maximum atomic E-state index is 13.1. The Kier molecular flexibility index (Phi) is 7.91. The Hall–Kier alpha value is -1.59. The number of carbonyl (C=O) groups excluding carboxylic acids is 2. The van der Waals surface area contributed by atoms with Crippen LogP contribution in [0.1, 0.15) is 32.8 Å². The van der Waals surface area contributed by atoms with E-state index in [1.807, 2.05) is 42.2 Å². The molecule has 5 nitrogen and oxygen atoms in total. The van der Waals surface area contributed by atoms with Crippen LogP contribution in [0.3, 0.4) is 0 Å². The van der Waals surface area contributed by atoms with E-state index in [0.717, 1.165) is 12.0 Å². The Labute approximate surface area is 161 Å². The van der Waals surface area contributed by atoms with Crippen LogP contribution in [-0.4, -0.2) is 47.8 Å². The van der Waals surface area contributed by atoms with Gasteiger partial charge in [0, 0.05) is 13.1 Å². The first-order chi connectivity index (χ1) is 12.5. The van der Waals surface area contributed by atoms with Gasteiger partial charge in [0.25, 0.3) is 5.91 Å². The number of rotatable bonds is 8. The fraction of sp³-hybridized carbons (Fsp3) is 0.600. The van der Waals surface area contributed by atoms with E-state index in [9.17, 15) is 9.59 Å². The summed E-state index contributed by atoms with van der Waals surface area (Å²) >= 11 is 5.57. The largest absolute Gasteiger partial charge is 0.363 e. The van der Waals surface area contributed by atoms with Crippen molar-refractivity contribution in [3.8, 4) is 0 Å². The molecule has 1 aliphatic heterocycles. The average molecular weight is 381 g/mol. The first kappa shape index (κ1) is 20.7. The zero-order chi connectivity index (χ0) is 19.1. The minimum absolute atomic E-state index is 0.0125. The Morgan fingerprint density at radius 2 is 1.92 bits per heavy atom. The summed E-state index contributed by atoms with van der Waals surface area (Å²) in [4.78, 5) is 26.5. The zero-order valence-electron chi connectivity index (χ0n) is 15.8. The highest BCUT2D eigenvalue weighted by atomic mass is 35.5. The molecule has 1 saturated heterocycles. The van der Waals surface area contributed by atoms with E-state index >= 15 is 0 Å². The highest BCUT2D eigenvalue weighted by Gasteiger charge is 2.44. The van der Waals surface area contributed by atoms with Gasteiger partial charge in [-0.05, 0) is 23.8 Å². The van der Waals surface area contributed by atoms with Crippen molar-refractivity contribution >= 4 is 23.4 Å². The van der Waals surface area contributed by atoms with Crippen molar-refractivity contribution in [2.45, 2.75) is 45.9 Å². The first-order valence-corrected chi connectivity index (χ1v) is 9.81. The number of benzene rings is 1. The molecule has 0 saturated carbocycles. The minimum Gasteiger partial charge on any atom is -0.363 e. The molecule has 0 aromatic heterocycles. The van der Waals surface area contributed by atoms with Gasteiger partial charge < -0.3 is 15.0 Å². The zero-order valence-corrected chi connectivity index (χ0v) is 16.5. The highest BCUT2D eigenvalue weighted by molar-refractivity contribution is 6.27. The summed E-state index contributed by atoms with van der Waals surface area (Å²) in [7, 11) is 0. The van der Waals surface area contributed by atoms with Crippen molar-refractivity contribution in [3.05, 3.63) is 35.9 Å². The molecule has 4 atom stereocenters. The molecule has 144 valence electrons. The Bertz CT molecular complexity index is 596. The molecule has 0 aliphatic carbocycles. The van der Waals surface area contributed by atoms with Crippen LogP contribution in [0.5, 0.6) is 0 Å². The van der Waals surface area contributed by atoms with Crippen LogP contribution in [0.2, 0.25) is 0 Å². The van der Waals surface area contributed by atoms with Crippen molar-refractivity contribution < 1.29 is 14.3 Å². The van der Waals surface area contributed by atoms with Gasteiger partial charge in [-0.1, -0.05) is 51.1 Å². The standard InChI is InChI=1S/C20H29ClN2O3/c1-4-10-23-17(12-22-18(24)11-21)14(2)15(3)19(20(23)25)26-13-16-8-6-5-7-9-16/h5-9,14-15,17,19H,4,10-13H2,1-3H3,(H,22,24). The summed E-state index contributed by atoms with van der Waals surface area (Å²) in [5, 5.41) is 2.83. The Balaban J connectivity index is 2.09. The van der Waals surface area contributed by atoms with Crippen LogP contribution in [0.25, 0.3) is 0 Å². The quantitative estimate of drug-likeness (QED) is 0.705. The topological polar surface area (TPSA) is 58.6 Å². The lowest BCUT2D eigenvalue weighted by molar-refractivity contribution is -0.163. The van der Waals surface area contributed by atoms with Crippen LogP contribution in [0, 0.1) is 11.8 Å². The third-order valence-corrected chi connectivity index (χ3v) is 5.45. The van der Waals surface area contributed by atoms with Gasteiger partial charge in [-0.2, -0.15) is 0 Å². The minimum atomic E-state index is -0.461. The molecule has 1 aromatic carbocycles. The second kappa shape index (κ2) is 9.93. The predicted octanol–water partition coefficient (Wildman–Crippen LogP) is 2.82. The summed E-state index contributed by atoms with van der Waals surface area (Å²) in [6.45, 7) is 7.72. The van der Waals surface area contributed by atoms with Gasteiger partial charge in [-0.3, -0.25) is 9.59 Å². The van der Waals surface area contributed by atoms with Crippen LogP contribution >= 0.6 is 11.6 Å². The van der Waals surface area contributed by atoms with E-state index < -0.39 is 6.10 Å². The van der Waals surface area contributed by atoms with Crippen molar-refractivity contribution in [1.29, 1.82) is 0 Å². The van der Waals surface area contributed by atoms with Crippen molar-refractivity contribution in [2.24, 2.45) is 11.8 Å². The number of alkyl halides is 1. The fourth-order valence-corrected chi connectivity index (χ4v) is 3.62. The van der Waals surface area contributed by atoms with Gasteiger partial charge in [0.15, 0.2) is 0 Å². The van der Waals surface area contributed by atoms with E-state index in [-0.39, 0.29) is 35.6 Å². The number of hydrogen-bond donors (Lipinski definition) is 1. The smallest absolute Gasteiger partial charge is 0.252 e. The number of halogens is 1. The van der Waals surface area contributed by atoms with Crippen LogP contribution in [0.4, 0.5) is 0 Å². The lowest BCUT2D eigenvalue weighted by Crippen LogP contribution is -2.61. The molecule has 2 amide bonds. The van der Waals surface area contributed by atoms with Crippen molar-refractivity contribution in [2.75, 3.05) is 19.0 Å². The molecule has 2 rings (SSSR count). The highest BCUT2D eigenvalue weighted by Crippen LogP contribution is 2.32. The molecule has 0 bridgehead atoms. The van der Waals surface area contributed by atoms with Crippen LogP contribution in [0.15, 0.2) is 30.3 Å². The number of ether oxygens (including phenoxy) is 1. The molecule has 1 fully saturated rings. The molecular weight excluding hydrogens is 352 g/mol.